The second-order valence-electron chi connectivity index (χ2n) is 5.89. The molecule has 1 amide bonds. The minimum atomic E-state index is -0.0447. The fraction of sp³-hybridized carbons (Fsp3) is 0.190. The predicted molar refractivity (Wildman–Crippen MR) is 98.5 cm³/mol. The summed E-state index contributed by atoms with van der Waals surface area (Å²) in [5.41, 5.74) is 2.17. The highest BCUT2D eigenvalue weighted by atomic mass is 16.5. The largest absolute Gasteiger partial charge is 0.497 e. The zero-order chi connectivity index (χ0) is 17.5. The Labute approximate surface area is 148 Å². The number of ether oxygens (including phenoxy) is 1. The van der Waals surface area contributed by atoms with Crippen molar-refractivity contribution in [2.75, 3.05) is 7.11 Å². The molecule has 0 spiro atoms. The van der Waals surface area contributed by atoms with Crippen LogP contribution in [0.1, 0.15) is 23.6 Å². The van der Waals surface area contributed by atoms with E-state index in [1.54, 1.807) is 7.11 Å². The monoisotopic (exact) mass is 334 g/mol. The fourth-order valence-corrected chi connectivity index (χ4v) is 2.82. The maximum atomic E-state index is 12.5. The summed E-state index contributed by atoms with van der Waals surface area (Å²) in [4.78, 5) is 12.5. The first-order valence-electron chi connectivity index (χ1n) is 8.33. The second kappa shape index (κ2) is 8.20. The molecule has 0 aliphatic heterocycles. The van der Waals surface area contributed by atoms with Gasteiger partial charge in [-0.1, -0.05) is 42.5 Å². The van der Waals surface area contributed by atoms with Crippen molar-refractivity contribution in [3.8, 4) is 5.75 Å². The molecule has 3 rings (SSSR count). The van der Waals surface area contributed by atoms with Crippen LogP contribution in [0.15, 0.2) is 79.1 Å². The fourth-order valence-electron chi connectivity index (χ4n) is 2.82. The van der Waals surface area contributed by atoms with Crippen molar-refractivity contribution in [2.24, 2.45) is 0 Å². The van der Waals surface area contributed by atoms with Crippen molar-refractivity contribution in [2.45, 2.75) is 19.0 Å². The molecule has 1 N–H and O–H groups in total. The molecule has 1 atom stereocenters. The molecule has 128 valence electrons. The highest BCUT2D eigenvalue weighted by Crippen LogP contribution is 2.24. The predicted octanol–water partition coefficient (Wildman–Crippen LogP) is 3.79. The smallest absolute Gasteiger partial charge is 0.222 e. The Hall–Kier alpha value is -3.01. The molecule has 0 saturated carbocycles. The van der Waals surface area contributed by atoms with E-state index in [9.17, 15) is 4.79 Å². The third-order valence-electron chi connectivity index (χ3n) is 4.20. The van der Waals surface area contributed by atoms with Crippen LogP contribution in [0.25, 0.3) is 0 Å². The zero-order valence-electron chi connectivity index (χ0n) is 14.3. The average molecular weight is 334 g/mol. The molecular weight excluding hydrogens is 312 g/mol. The van der Waals surface area contributed by atoms with Gasteiger partial charge in [-0.2, -0.15) is 0 Å². The Morgan fingerprint density at radius 3 is 2.32 bits per heavy atom. The number of nitrogens with zero attached hydrogens (tertiary/aromatic N) is 1. The standard InChI is InChI=1S/C21H22N2O2/c1-25-19-11-9-18(10-12-19)20(23-13-5-6-14-23)15-21(24)22-16-17-7-3-2-4-8-17/h2-14,20H,15-16H2,1H3,(H,22,24)/t20-/m0/s1. The first kappa shape index (κ1) is 16.8. The maximum Gasteiger partial charge on any atom is 0.222 e. The molecule has 4 nitrogen and oxygen atoms in total. The van der Waals surface area contributed by atoms with Crippen LogP contribution in [-0.4, -0.2) is 17.6 Å². The Morgan fingerprint density at radius 1 is 1.00 bits per heavy atom. The van der Waals surface area contributed by atoms with Crippen LogP contribution >= 0.6 is 0 Å². The van der Waals surface area contributed by atoms with Crippen LogP contribution in [0.2, 0.25) is 0 Å². The summed E-state index contributed by atoms with van der Waals surface area (Å²) >= 11 is 0. The van der Waals surface area contributed by atoms with Crippen LogP contribution in [0.4, 0.5) is 0 Å². The van der Waals surface area contributed by atoms with E-state index in [1.165, 1.54) is 0 Å². The third kappa shape index (κ3) is 4.51. The number of carbonyl (C=O) groups excluding carboxylic acids is 1. The number of amides is 1. The average Bonchev–Trinajstić information content (AvgIpc) is 3.20. The third-order valence-corrected chi connectivity index (χ3v) is 4.20. The van der Waals surface area contributed by atoms with Gasteiger partial charge in [0.05, 0.1) is 19.6 Å². The number of carbonyl (C=O) groups is 1. The molecular formula is C21H22N2O2. The van der Waals surface area contributed by atoms with Crippen LogP contribution in [0.5, 0.6) is 5.75 Å². The molecule has 1 aromatic heterocycles. The van der Waals surface area contributed by atoms with Gasteiger partial charge in [-0.05, 0) is 35.4 Å². The van der Waals surface area contributed by atoms with E-state index in [0.29, 0.717) is 13.0 Å². The van der Waals surface area contributed by atoms with Crippen LogP contribution in [0.3, 0.4) is 0 Å². The summed E-state index contributed by atoms with van der Waals surface area (Å²) in [6.45, 7) is 0.542. The molecule has 0 saturated heterocycles. The number of benzene rings is 2. The molecule has 3 aromatic rings. The summed E-state index contributed by atoms with van der Waals surface area (Å²) in [6, 6.07) is 21.7. The van der Waals surface area contributed by atoms with Crippen LogP contribution < -0.4 is 10.1 Å². The SMILES string of the molecule is COc1ccc([C@H](CC(=O)NCc2ccccc2)n2cccc2)cc1. The lowest BCUT2D eigenvalue weighted by molar-refractivity contribution is -0.121. The van der Waals surface area contributed by atoms with E-state index < -0.39 is 0 Å². The normalized spacial score (nSPS) is 11.7. The van der Waals surface area contributed by atoms with Gasteiger partial charge in [-0.3, -0.25) is 4.79 Å². The lowest BCUT2D eigenvalue weighted by Crippen LogP contribution is -2.26. The lowest BCUT2D eigenvalue weighted by Gasteiger charge is -2.19. The lowest BCUT2D eigenvalue weighted by atomic mass is 10.0. The molecule has 0 bridgehead atoms. The van der Waals surface area contributed by atoms with Gasteiger partial charge < -0.3 is 14.6 Å². The molecule has 0 aliphatic carbocycles. The van der Waals surface area contributed by atoms with Crippen molar-refractivity contribution in [3.05, 3.63) is 90.3 Å². The van der Waals surface area contributed by atoms with Crippen molar-refractivity contribution < 1.29 is 9.53 Å². The van der Waals surface area contributed by atoms with Gasteiger partial charge in [0.1, 0.15) is 5.75 Å². The van der Waals surface area contributed by atoms with Crippen molar-refractivity contribution in [3.63, 3.8) is 0 Å². The van der Waals surface area contributed by atoms with Crippen molar-refractivity contribution >= 4 is 5.91 Å². The van der Waals surface area contributed by atoms with Crippen molar-refractivity contribution in [1.82, 2.24) is 9.88 Å². The molecule has 25 heavy (non-hydrogen) atoms. The second-order valence-corrected chi connectivity index (χ2v) is 5.89. The van der Waals surface area contributed by atoms with Crippen LogP contribution in [-0.2, 0) is 11.3 Å². The van der Waals surface area contributed by atoms with Gasteiger partial charge >= 0.3 is 0 Å². The summed E-state index contributed by atoms with van der Waals surface area (Å²) in [5.74, 6) is 0.835. The Balaban J connectivity index is 1.70. The molecule has 1 heterocycles. The summed E-state index contributed by atoms with van der Waals surface area (Å²) in [5, 5.41) is 3.01. The number of rotatable bonds is 7. The molecule has 2 aromatic carbocycles. The topological polar surface area (TPSA) is 43.3 Å². The number of methoxy groups -OCH3 is 1. The summed E-state index contributed by atoms with van der Waals surface area (Å²) < 4.78 is 7.28. The van der Waals surface area contributed by atoms with E-state index >= 15 is 0 Å². The highest BCUT2D eigenvalue weighted by Gasteiger charge is 2.17. The van der Waals surface area contributed by atoms with Gasteiger partial charge in [0.25, 0.3) is 0 Å². The van der Waals surface area contributed by atoms with Gasteiger partial charge in [0.15, 0.2) is 0 Å². The molecule has 4 heteroatoms. The number of nitrogens with one attached hydrogen (secondary N) is 1. The quantitative estimate of drug-likeness (QED) is 0.714. The van der Waals surface area contributed by atoms with E-state index in [1.807, 2.05) is 79.1 Å². The summed E-state index contributed by atoms with van der Waals surface area (Å²) in [6.07, 6.45) is 4.35. The molecule has 0 fully saturated rings. The van der Waals surface area contributed by atoms with E-state index in [-0.39, 0.29) is 11.9 Å². The Kier molecular flexibility index (Phi) is 5.52. The maximum absolute atomic E-state index is 12.5. The Bertz CT molecular complexity index is 781. The van der Waals surface area contributed by atoms with E-state index in [4.69, 9.17) is 4.74 Å². The van der Waals surface area contributed by atoms with Gasteiger partial charge in [-0.25, -0.2) is 0 Å². The molecule has 0 aliphatic rings. The number of aromatic nitrogens is 1. The van der Waals surface area contributed by atoms with E-state index in [0.717, 1.165) is 16.9 Å². The summed E-state index contributed by atoms with van der Waals surface area (Å²) in [7, 11) is 1.65. The van der Waals surface area contributed by atoms with Gasteiger partial charge in [-0.15, -0.1) is 0 Å². The van der Waals surface area contributed by atoms with Crippen molar-refractivity contribution in [1.29, 1.82) is 0 Å². The molecule has 0 radical (unpaired) electrons. The van der Waals surface area contributed by atoms with Crippen LogP contribution in [0, 0.1) is 0 Å². The molecule has 0 unspecified atom stereocenters. The van der Waals surface area contributed by atoms with E-state index in [2.05, 4.69) is 9.88 Å². The highest BCUT2D eigenvalue weighted by molar-refractivity contribution is 5.76. The first-order chi connectivity index (χ1) is 12.3. The number of hydrogen-bond acceptors (Lipinski definition) is 2. The number of hydrogen-bond donors (Lipinski definition) is 1. The first-order valence-corrected chi connectivity index (χ1v) is 8.33. The Morgan fingerprint density at radius 2 is 1.68 bits per heavy atom. The van der Waals surface area contributed by atoms with Gasteiger partial charge in [0, 0.05) is 18.9 Å². The minimum absolute atomic E-state index is 0.0263. The minimum Gasteiger partial charge on any atom is -0.497 e. The zero-order valence-corrected chi connectivity index (χ0v) is 14.3. The van der Waals surface area contributed by atoms with Gasteiger partial charge in [0.2, 0.25) is 5.91 Å².